The van der Waals surface area contributed by atoms with E-state index in [1.165, 1.54) is 5.57 Å². The first-order valence-corrected chi connectivity index (χ1v) is 8.38. The molecule has 24 heavy (non-hydrogen) atoms. The normalized spacial score (nSPS) is 20.7. The lowest BCUT2D eigenvalue weighted by Crippen LogP contribution is -2.47. The molecule has 0 saturated heterocycles. The topological polar surface area (TPSA) is 76.4 Å². The number of nitrogens with zero attached hydrogens (tertiary/aromatic N) is 4. The first-order chi connectivity index (χ1) is 11.2. The number of aryl methyl sites for hydroxylation is 2. The van der Waals surface area contributed by atoms with Crippen LogP contribution in [-0.2, 0) is 17.7 Å². The summed E-state index contributed by atoms with van der Waals surface area (Å²) >= 11 is 0. The quantitative estimate of drug-likeness (QED) is 0.317. The molecule has 1 unspecified atom stereocenters. The van der Waals surface area contributed by atoms with Crippen LogP contribution in [0.2, 0.25) is 0 Å². The van der Waals surface area contributed by atoms with E-state index in [1.54, 1.807) is 0 Å². The van der Waals surface area contributed by atoms with E-state index in [0.717, 1.165) is 69.6 Å². The van der Waals surface area contributed by atoms with Crippen LogP contribution in [0.25, 0.3) is 0 Å². The number of nitrogens with one attached hydrogen (secondary N) is 2. The summed E-state index contributed by atoms with van der Waals surface area (Å²) < 4.78 is 7.34. The molecular weight excluding hydrogens is 419 g/mol. The fourth-order valence-corrected chi connectivity index (χ4v) is 3.07. The van der Waals surface area contributed by atoms with Crippen LogP contribution in [0.5, 0.6) is 0 Å². The molecule has 0 radical (unpaired) electrons. The van der Waals surface area contributed by atoms with Gasteiger partial charge in [0.15, 0.2) is 5.96 Å². The molecule has 0 amide bonds. The van der Waals surface area contributed by atoms with E-state index in [0.29, 0.717) is 6.04 Å². The largest absolute Gasteiger partial charge is 0.377 e. The van der Waals surface area contributed by atoms with E-state index >= 15 is 0 Å². The number of ether oxygens (including phenoxy) is 1. The van der Waals surface area contributed by atoms with Crippen molar-refractivity contribution < 1.29 is 4.74 Å². The monoisotopic (exact) mass is 446 g/mol. The maximum atomic E-state index is 5.33. The Labute approximate surface area is 160 Å². The van der Waals surface area contributed by atoms with Crippen LogP contribution < -0.4 is 10.6 Å². The molecule has 2 aliphatic heterocycles. The molecule has 2 N–H and O–H groups in total. The van der Waals surface area contributed by atoms with E-state index in [-0.39, 0.29) is 24.0 Å². The third-order valence-corrected chi connectivity index (χ3v) is 4.32. The number of guanidine groups is 1. The second-order valence-corrected chi connectivity index (χ2v) is 6.07. The molecule has 0 bridgehead atoms. The molecule has 2 aliphatic rings. The lowest BCUT2D eigenvalue weighted by molar-refractivity contribution is 0.153. The summed E-state index contributed by atoms with van der Waals surface area (Å²) in [4.78, 5) is 8.78. The second kappa shape index (κ2) is 9.36. The van der Waals surface area contributed by atoms with Crippen molar-refractivity contribution >= 4 is 29.9 Å². The van der Waals surface area contributed by atoms with Crippen LogP contribution in [0.15, 0.2) is 16.6 Å². The zero-order chi connectivity index (χ0) is 16.1. The van der Waals surface area contributed by atoms with Gasteiger partial charge in [-0.05, 0) is 26.2 Å². The first-order valence-electron chi connectivity index (χ1n) is 8.38. The van der Waals surface area contributed by atoms with Crippen molar-refractivity contribution in [3.05, 3.63) is 23.3 Å². The van der Waals surface area contributed by atoms with Crippen LogP contribution >= 0.6 is 24.0 Å². The molecule has 0 aromatic carbocycles. The lowest BCUT2D eigenvalue weighted by Gasteiger charge is -2.25. The highest BCUT2D eigenvalue weighted by atomic mass is 127. The molecule has 8 heteroatoms. The van der Waals surface area contributed by atoms with E-state index < -0.39 is 0 Å². The summed E-state index contributed by atoms with van der Waals surface area (Å²) in [6, 6.07) is 0.345. The molecule has 134 valence electrons. The highest BCUT2D eigenvalue weighted by Crippen LogP contribution is 2.13. The molecule has 1 atom stereocenters. The van der Waals surface area contributed by atoms with Gasteiger partial charge in [-0.2, -0.15) is 5.10 Å². The summed E-state index contributed by atoms with van der Waals surface area (Å²) in [6.07, 6.45) is 6.30. The Morgan fingerprint density at radius 3 is 3.08 bits per heavy atom. The van der Waals surface area contributed by atoms with E-state index in [9.17, 15) is 0 Å². The van der Waals surface area contributed by atoms with Crippen LogP contribution in [0.3, 0.4) is 0 Å². The average Bonchev–Trinajstić information content (AvgIpc) is 2.94. The summed E-state index contributed by atoms with van der Waals surface area (Å²) in [5.41, 5.74) is 1.47. The molecule has 0 fully saturated rings. The predicted molar refractivity (Wildman–Crippen MR) is 105 cm³/mol. The van der Waals surface area contributed by atoms with Gasteiger partial charge in [0.05, 0.1) is 19.8 Å². The van der Waals surface area contributed by atoms with Gasteiger partial charge in [0.1, 0.15) is 11.6 Å². The van der Waals surface area contributed by atoms with Crippen molar-refractivity contribution in [1.82, 2.24) is 25.4 Å². The molecule has 3 rings (SSSR count). The molecule has 0 spiro atoms. The fraction of sp³-hybridized carbons (Fsp3) is 0.688. The van der Waals surface area contributed by atoms with Crippen LogP contribution in [0.4, 0.5) is 0 Å². The maximum Gasteiger partial charge on any atom is 0.191 e. The number of hydrogen-bond donors (Lipinski definition) is 2. The van der Waals surface area contributed by atoms with Gasteiger partial charge in [0.25, 0.3) is 0 Å². The highest BCUT2D eigenvalue weighted by Gasteiger charge is 2.21. The first kappa shape index (κ1) is 19.2. The van der Waals surface area contributed by atoms with Crippen molar-refractivity contribution in [3.8, 4) is 0 Å². The third-order valence-electron chi connectivity index (χ3n) is 4.32. The van der Waals surface area contributed by atoms with Gasteiger partial charge in [0.2, 0.25) is 0 Å². The van der Waals surface area contributed by atoms with Gasteiger partial charge in [0, 0.05) is 26.1 Å². The van der Waals surface area contributed by atoms with E-state index in [4.69, 9.17) is 4.74 Å². The van der Waals surface area contributed by atoms with Gasteiger partial charge in [-0.1, -0.05) is 11.6 Å². The Morgan fingerprint density at radius 2 is 2.33 bits per heavy atom. The number of aromatic nitrogens is 3. The number of fused-ring (bicyclic) bond motifs is 1. The molecule has 1 aromatic heterocycles. The zero-order valence-corrected chi connectivity index (χ0v) is 16.7. The van der Waals surface area contributed by atoms with Gasteiger partial charge in [-0.25, -0.2) is 9.67 Å². The molecular formula is C16H27IN6O. The van der Waals surface area contributed by atoms with E-state index in [2.05, 4.69) is 31.8 Å². The Balaban J connectivity index is 0.00000208. The zero-order valence-electron chi connectivity index (χ0n) is 14.4. The van der Waals surface area contributed by atoms with Crippen molar-refractivity contribution in [2.75, 3.05) is 26.8 Å². The van der Waals surface area contributed by atoms with Gasteiger partial charge >= 0.3 is 0 Å². The van der Waals surface area contributed by atoms with Crippen molar-refractivity contribution in [3.63, 3.8) is 0 Å². The number of aliphatic imine (C=N–C) groups is 1. The summed E-state index contributed by atoms with van der Waals surface area (Å²) in [5.74, 6) is 2.81. The van der Waals surface area contributed by atoms with Crippen LogP contribution in [0, 0.1) is 6.92 Å². The molecule has 3 heterocycles. The smallest absolute Gasteiger partial charge is 0.191 e. The average molecular weight is 446 g/mol. The third kappa shape index (κ3) is 5.17. The Kier molecular flexibility index (Phi) is 7.47. The van der Waals surface area contributed by atoms with Crippen molar-refractivity contribution in [1.29, 1.82) is 0 Å². The Morgan fingerprint density at radius 1 is 1.46 bits per heavy atom. The maximum absolute atomic E-state index is 5.33. The number of halogens is 1. The molecule has 1 aromatic rings. The SMILES string of the molecule is CN=C(NCCC1=CCOCC1)NC1CCc2nc(C)nn2C1.I. The molecule has 7 nitrogen and oxygen atoms in total. The minimum atomic E-state index is 0. The Hall–Kier alpha value is -1.16. The fourth-order valence-electron chi connectivity index (χ4n) is 3.07. The molecule has 0 saturated carbocycles. The van der Waals surface area contributed by atoms with Crippen molar-refractivity contribution in [2.24, 2.45) is 4.99 Å². The summed E-state index contributed by atoms with van der Waals surface area (Å²) in [5, 5.41) is 11.3. The summed E-state index contributed by atoms with van der Waals surface area (Å²) in [7, 11) is 1.82. The van der Waals surface area contributed by atoms with E-state index in [1.807, 2.05) is 18.7 Å². The molecule has 0 aliphatic carbocycles. The van der Waals surface area contributed by atoms with Gasteiger partial charge in [-0.15, -0.1) is 24.0 Å². The number of rotatable bonds is 4. The van der Waals surface area contributed by atoms with Gasteiger partial charge in [-0.3, -0.25) is 4.99 Å². The second-order valence-electron chi connectivity index (χ2n) is 6.07. The summed E-state index contributed by atoms with van der Waals surface area (Å²) in [6.45, 7) is 5.29. The van der Waals surface area contributed by atoms with Crippen LogP contribution in [0.1, 0.15) is 30.9 Å². The van der Waals surface area contributed by atoms with Crippen LogP contribution in [-0.4, -0.2) is 53.6 Å². The van der Waals surface area contributed by atoms with Crippen molar-refractivity contribution in [2.45, 2.75) is 45.2 Å². The lowest BCUT2D eigenvalue weighted by atomic mass is 10.1. The highest BCUT2D eigenvalue weighted by molar-refractivity contribution is 14.0. The minimum Gasteiger partial charge on any atom is -0.377 e. The Bertz CT molecular complexity index is 597. The minimum absolute atomic E-state index is 0. The predicted octanol–water partition coefficient (Wildman–Crippen LogP) is 1.42. The standard InChI is InChI=1S/C16H26N6O.HI/c1-12-19-15-4-3-14(11-22(15)21-12)20-16(17-2)18-8-5-13-6-9-23-10-7-13;/h6,14H,3-5,7-11H2,1-2H3,(H2,17,18,20);1H. The number of hydrogen-bond acceptors (Lipinski definition) is 4. The van der Waals surface area contributed by atoms with Gasteiger partial charge < -0.3 is 15.4 Å².